The molecule has 1 unspecified atom stereocenters. The van der Waals surface area contributed by atoms with Gasteiger partial charge >= 0.3 is 0 Å². The minimum absolute atomic E-state index is 0.0676. The van der Waals surface area contributed by atoms with Crippen LogP contribution in [0.1, 0.15) is 23.0 Å². The Morgan fingerprint density at radius 3 is 2.92 bits per heavy atom. The van der Waals surface area contributed by atoms with E-state index in [1.807, 2.05) is 31.2 Å². The number of nitrogens with zero attached hydrogens (tertiary/aromatic N) is 3. The summed E-state index contributed by atoms with van der Waals surface area (Å²) in [7, 11) is 1.59. The summed E-state index contributed by atoms with van der Waals surface area (Å²) in [6, 6.07) is 7.48. The van der Waals surface area contributed by atoms with Crippen LogP contribution in [-0.4, -0.2) is 59.5 Å². The third-order valence-corrected chi connectivity index (χ3v) is 4.41. The highest BCUT2D eigenvalue weighted by atomic mass is 19.1. The normalized spacial score (nSPS) is 21.0. The maximum absolute atomic E-state index is 14.4. The highest BCUT2D eigenvalue weighted by molar-refractivity contribution is 5.95. The van der Waals surface area contributed by atoms with E-state index in [0.29, 0.717) is 30.1 Å². The molecule has 1 N–H and O–H groups in total. The summed E-state index contributed by atoms with van der Waals surface area (Å²) in [6.45, 7) is 4.70. The van der Waals surface area contributed by atoms with Crippen LogP contribution in [0.4, 0.5) is 4.39 Å². The molecule has 1 atom stereocenters. The van der Waals surface area contributed by atoms with Crippen LogP contribution in [0.25, 0.3) is 5.69 Å². The monoisotopic (exact) mass is 346 g/mol. The summed E-state index contributed by atoms with van der Waals surface area (Å²) in [5.74, 6) is 0.467. The number of hydrogen-bond acceptors (Lipinski definition) is 4. The summed E-state index contributed by atoms with van der Waals surface area (Å²) in [5.41, 5.74) is 0.490. The van der Waals surface area contributed by atoms with Gasteiger partial charge in [0.2, 0.25) is 0 Å². The zero-order valence-corrected chi connectivity index (χ0v) is 14.8. The van der Waals surface area contributed by atoms with Gasteiger partial charge in [0.15, 0.2) is 0 Å². The number of ether oxygens (including phenoxy) is 1. The predicted molar refractivity (Wildman–Crippen MR) is 93.1 cm³/mol. The number of carbonyl (C=O) groups is 1. The number of nitrogens with one attached hydrogen (secondary N) is 1. The smallest absolute Gasteiger partial charge is 0.257 e. The number of benzene rings is 1. The van der Waals surface area contributed by atoms with Crippen molar-refractivity contribution in [2.75, 3.05) is 33.3 Å². The lowest BCUT2D eigenvalue weighted by Gasteiger charge is -2.26. The maximum Gasteiger partial charge on any atom is 0.257 e. The van der Waals surface area contributed by atoms with Gasteiger partial charge < -0.3 is 15.0 Å². The number of methoxy groups -OCH3 is 1. The van der Waals surface area contributed by atoms with E-state index in [2.05, 4.69) is 10.4 Å². The Labute approximate surface area is 146 Å². The summed E-state index contributed by atoms with van der Waals surface area (Å²) in [4.78, 5) is 14.5. The highest BCUT2D eigenvalue weighted by Gasteiger charge is 2.32. The molecule has 0 aliphatic carbocycles. The molecule has 0 spiro atoms. The first-order chi connectivity index (χ1) is 11.9. The molecule has 6 nitrogen and oxygen atoms in total. The number of aromatic nitrogens is 2. The Morgan fingerprint density at radius 2 is 2.16 bits per heavy atom. The van der Waals surface area contributed by atoms with Gasteiger partial charge in [0.1, 0.15) is 17.1 Å². The van der Waals surface area contributed by atoms with Gasteiger partial charge in [-0.25, -0.2) is 9.07 Å². The van der Waals surface area contributed by atoms with E-state index in [0.717, 1.165) is 5.69 Å². The molecule has 7 heteroatoms. The van der Waals surface area contributed by atoms with Crippen molar-refractivity contribution in [1.82, 2.24) is 20.0 Å². The van der Waals surface area contributed by atoms with Crippen molar-refractivity contribution < 1.29 is 13.9 Å². The molecule has 1 aromatic heterocycles. The van der Waals surface area contributed by atoms with Crippen LogP contribution in [-0.2, 0) is 0 Å². The molecule has 2 aromatic rings. The zero-order valence-electron chi connectivity index (χ0n) is 14.8. The molecule has 1 aliphatic rings. The van der Waals surface area contributed by atoms with E-state index >= 15 is 0 Å². The van der Waals surface area contributed by atoms with Gasteiger partial charge in [-0.15, -0.1) is 0 Å². The number of hydrogen-bond donors (Lipinski definition) is 1. The van der Waals surface area contributed by atoms with E-state index in [1.54, 1.807) is 16.7 Å². The van der Waals surface area contributed by atoms with Gasteiger partial charge in [-0.1, -0.05) is 12.1 Å². The van der Waals surface area contributed by atoms with Crippen LogP contribution in [0.15, 0.2) is 30.5 Å². The van der Waals surface area contributed by atoms with Gasteiger partial charge in [0, 0.05) is 19.6 Å². The second-order valence-corrected chi connectivity index (χ2v) is 6.54. The number of para-hydroxylation sites is 2. The van der Waals surface area contributed by atoms with Crippen molar-refractivity contribution in [2.24, 2.45) is 0 Å². The molecule has 3 rings (SSSR count). The Hall–Kier alpha value is -2.41. The largest absolute Gasteiger partial charge is 0.494 e. The van der Waals surface area contributed by atoms with Crippen molar-refractivity contribution in [3.63, 3.8) is 0 Å². The fourth-order valence-corrected chi connectivity index (χ4v) is 3.11. The number of amides is 1. The second kappa shape index (κ2) is 6.84. The van der Waals surface area contributed by atoms with E-state index in [1.165, 1.54) is 13.1 Å². The van der Waals surface area contributed by atoms with E-state index in [-0.39, 0.29) is 19.0 Å². The molecule has 0 radical (unpaired) electrons. The molecular weight excluding hydrogens is 323 g/mol. The fourth-order valence-electron chi connectivity index (χ4n) is 3.11. The van der Waals surface area contributed by atoms with E-state index in [4.69, 9.17) is 4.74 Å². The molecule has 1 fully saturated rings. The summed E-state index contributed by atoms with van der Waals surface area (Å²) in [5, 5.41) is 7.38. The zero-order chi connectivity index (χ0) is 18.0. The van der Waals surface area contributed by atoms with Crippen molar-refractivity contribution in [3.05, 3.63) is 41.7 Å². The van der Waals surface area contributed by atoms with Crippen molar-refractivity contribution in [2.45, 2.75) is 19.5 Å². The topological polar surface area (TPSA) is 59.4 Å². The van der Waals surface area contributed by atoms with Crippen LogP contribution in [0, 0.1) is 6.92 Å². The quantitative estimate of drug-likeness (QED) is 0.923. The number of rotatable bonds is 3. The van der Waals surface area contributed by atoms with E-state index < -0.39 is 5.67 Å². The number of carbonyl (C=O) groups excluding carboxylic acids is 1. The Balaban J connectivity index is 1.91. The van der Waals surface area contributed by atoms with Gasteiger partial charge in [-0.2, -0.15) is 5.10 Å². The lowest BCUT2D eigenvalue weighted by atomic mass is 10.1. The molecule has 25 heavy (non-hydrogen) atoms. The first-order valence-electron chi connectivity index (χ1n) is 8.30. The average Bonchev–Trinajstić information content (AvgIpc) is 2.87. The first-order valence-corrected chi connectivity index (χ1v) is 8.30. The lowest BCUT2D eigenvalue weighted by Crippen LogP contribution is -2.42. The first kappa shape index (κ1) is 17.4. The second-order valence-electron chi connectivity index (χ2n) is 6.54. The number of halogens is 1. The SMILES string of the molecule is COc1ccccc1-n1ncc(C(=O)N2CCNCC(C)(F)C2)c1C. The summed E-state index contributed by atoms with van der Waals surface area (Å²) >= 11 is 0. The van der Waals surface area contributed by atoms with Gasteiger partial charge in [-0.3, -0.25) is 4.79 Å². The van der Waals surface area contributed by atoms with Crippen LogP contribution in [0.5, 0.6) is 5.75 Å². The van der Waals surface area contributed by atoms with Gasteiger partial charge in [0.25, 0.3) is 5.91 Å². The maximum atomic E-state index is 14.4. The van der Waals surface area contributed by atoms with Crippen molar-refractivity contribution in [3.8, 4) is 11.4 Å². The molecule has 1 aromatic carbocycles. The molecule has 1 saturated heterocycles. The Morgan fingerprint density at radius 1 is 1.40 bits per heavy atom. The van der Waals surface area contributed by atoms with Crippen LogP contribution in [0.3, 0.4) is 0 Å². The van der Waals surface area contributed by atoms with Crippen LogP contribution >= 0.6 is 0 Å². The molecule has 0 saturated carbocycles. The summed E-state index contributed by atoms with van der Waals surface area (Å²) < 4.78 is 21.5. The van der Waals surface area contributed by atoms with Gasteiger partial charge in [-0.05, 0) is 26.0 Å². The molecule has 0 bridgehead atoms. The Bertz CT molecular complexity index is 772. The standard InChI is InChI=1S/C18H23FN4O2/c1-13-14(17(24)22-9-8-20-11-18(2,19)12-22)10-21-23(13)15-6-4-5-7-16(15)25-3/h4-7,10,20H,8-9,11-12H2,1-3H3. The number of alkyl halides is 1. The van der Waals surface area contributed by atoms with E-state index in [9.17, 15) is 9.18 Å². The minimum Gasteiger partial charge on any atom is -0.494 e. The minimum atomic E-state index is -1.45. The molecule has 1 aliphatic heterocycles. The lowest BCUT2D eigenvalue weighted by molar-refractivity contribution is 0.0655. The third-order valence-electron chi connectivity index (χ3n) is 4.41. The van der Waals surface area contributed by atoms with Crippen molar-refractivity contribution >= 4 is 5.91 Å². The summed E-state index contributed by atoms with van der Waals surface area (Å²) in [6.07, 6.45) is 1.54. The average molecular weight is 346 g/mol. The van der Waals surface area contributed by atoms with Crippen molar-refractivity contribution in [1.29, 1.82) is 0 Å². The predicted octanol–water partition coefficient (Wildman–Crippen LogP) is 1.96. The third kappa shape index (κ3) is 3.51. The molecule has 134 valence electrons. The van der Waals surface area contributed by atoms with Gasteiger partial charge in [0.05, 0.1) is 31.1 Å². The van der Waals surface area contributed by atoms with Crippen LogP contribution < -0.4 is 10.1 Å². The highest BCUT2D eigenvalue weighted by Crippen LogP contribution is 2.25. The Kier molecular flexibility index (Phi) is 4.76. The van der Waals surface area contributed by atoms with Crippen LogP contribution in [0.2, 0.25) is 0 Å². The molecular formula is C18H23FN4O2. The fraction of sp³-hybridized carbons (Fsp3) is 0.444. The molecule has 2 heterocycles. The molecule has 1 amide bonds.